The Hall–Kier alpha value is -4.34. The Bertz CT molecular complexity index is 1590. The summed E-state index contributed by atoms with van der Waals surface area (Å²) in [5, 5.41) is 12.2. The Kier molecular flexibility index (Phi) is 6.79. The second-order valence-corrected chi connectivity index (χ2v) is 9.63. The van der Waals surface area contributed by atoms with Crippen LogP contribution in [0.1, 0.15) is 67.2 Å². The van der Waals surface area contributed by atoms with E-state index in [9.17, 15) is 9.18 Å². The molecule has 5 rings (SSSR count). The summed E-state index contributed by atoms with van der Waals surface area (Å²) in [6.07, 6.45) is 4.98. The van der Waals surface area contributed by atoms with Crippen LogP contribution in [0.2, 0.25) is 0 Å². The maximum atomic E-state index is 14.7. The minimum atomic E-state index is -0.576. The number of halogens is 1. The van der Waals surface area contributed by atoms with Crippen LogP contribution in [0.4, 0.5) is 16.0 Å². The maximum Gasteiger partial charge on any atom is 0.264 e. The van der Waals surface area contributed by atoms with E-state index >= 15 is 0 Å². The summed E-state index contributed by atoms with van der Waals surface area (Å²) in [6, 6.07) is 9.34. The Labute approximate surface area is 219 Å². The van der Waals surface area contributed by atoms with Crippen molar-refractivity contribution in [1.29, 1.82) is 5.41 Å². The molecule has 0 bridgehead atoms. The smallest absolute Gasteiger partial charge is 0.264 e. The van der Waals surface area contributed by atoms with E-state index in [0.29, 0.717) is 28.3 Å². The fourth-order valence-corrected chi connectivity index (χ4v) is 5.24. The second kappa shape index (κ2) is 10.2. The Morgan fingerprint density at radius 1 is 1.24 bits per heavy atom. The number of nitrogens with zero attached hydrogens (tertiary/aromatic N) is 4. The summed E-state index contributed by atoms with van der Waals surface area (Å²) in [5.41, 5.74) is 8.15. The molecule has 2 aromatic heterocycles. The van der Waals surface area contributed by atoms with Crippen molar-refractivity contribution in [2.75, 3.05) is 18.2 Å². The van der Waals surface area contributed by atoms with Crippen LogP contribution in [0.3, 0.4) is 0 Å². The molecule has 1 unspecified atom stereocenters. The van der Waals surface area contributed by atoms with Gasteiger partial charge in [-0.25, -0.2) is 19.3 Å². The summed E-state index contributed by atoms with van der Waals surface area (Å²) in [5.74, 6) is 1.11. The van der Waals surface area contributed by atoms with Crippen molar-refractivity contribution < 1.29 is 9.13 Å². The predicted octanol–water partition coefficient (Wildman–Crippen LogP) is 4.93. The Morgan fingerprint density at radius 3 is 2.71 bits per heavy atom. The summed E-state index contributed by atoms with van der Waals surface area (Å²) < 4.78 is 21.7. The minimum Gasteiger partial charge on any atom is -0.496 e. The maximum absolute atomic E-state index is 14.7. The van der Waals surface area contributed by atoms with E-state index in [4.69, 9.17) is 20.9 Å². The minimum absolute atomic E-state index is 0.000951. The summed E-state index contributed by atoms with van der Waals surface area (Å²) in [4.78, 5) is 26.8. The lowest BCUT2D eigenvalue weighted by Crippen LogP contribution is -2.31. The number of anilines is 2. The number of rotatable bonds is 7. The van der Waals surface area contributed by atoms with E-state index in [0.717, 1.165) is 37.0 Å². The van der Waals surface area contributed by atoms with Gasteiger partial charge < -0.3 is 15.8 Å². The van der Waals surface area contributed by atoms with Gasteiger partial charge in [0.15, 0.2) is 0 Å². The highest BCUT2D eigenvalue weighted by atomic mass is 19.1. The van der Waals surface area contributed by atoms with E-state index in [-0.39, 0.29) is 28.5 Å². The van der Waals surface area contributed by atoms with Crippen LogP contribution >= 0.6 is 0 Å². The summed E-state index contributed by atoms with van der Waals surface area (Å²) >= 11 is 0. The highest BCUT2D eigenvalue weighted by Gasteiger charge is 2.27. The molecule has 1 fully saturated rings. The van der Waals surface area contributed by atoms with Gasteiger partial charge in [-0.3, -0.25) is 14.8 Å². The number of hydrogen-bond acceptors (Lipinski definition) is 8. The third-order valence-corrected chi connectivity index (χ3v) is 7.15. The molecule has 38 heavy (non-hydrogen) atoms. The van der Waals surface area contributed by atoms with Crippen LogP contribution in [-0.4, -0.2) is 32.3 Å². The number of aryl methyl sites for hydroxylation is 1. The van der Waals surface area contributed by atoms with Crippen LogP contribution in [0.5, 0.6) is 5.75 Å². The topological polar surface area (TPSA) is 132 Å². The molecule has 0 radical (unpaired) electrons. The lowest BCUT2D eigenvalue weighted by Gasteiger charge is -2.24. The number of nitrogens with two attached hydrogens (primary N) is 1. The molecule has 0 saturated heterocycles. The molecule has 0 amide bonds. The number of hydrogen-bond donors (Lipinski definition) is 3. The highest BCUT2D eigenvalue weighted by molar-refractivity contribution is 6.16. The molecule has 0 spiro atoms. The number of fused-ring (bicyclic) bond motifs is 1. The average Bonchev–Trinajstić information content (AvgIpc) is 3.42. The van der Waals surface area contributed by atoms with Crippen molar-refractivity contribution in [2.24, 2.45) is 0 Å². The average molecular weight is 516 g/mol. The highest BCUT2D eigenvalue weighted by Crippen LogP contribution is 2.33. The molecule has 196 valence electrons. The molecule has 1 atom stereocenters. The van der Waals surface area contributed by atoms with Crippen molar-refractivity contribution in [2.45, 2.75) is 51.6 Å². The molecule has 10 heteroatoms. The molecule has 4 aromatic rings. The number of methoxy groups -OCH3 is 1. The first kappa shape index (κ1) is 25.3. The Balaban J connectivity index is 1.58. The fraction of sp³-hybridized carbons (Fsp3) is 0.321. The molecule has 2 aromatic carbocycles. The number of nitrogens with one attached hydrogen (secondary N) is 2. The van der Waals surface area contributed by atoms with Crippen molar-refractivity contribution >= 4 is 28.3 Å². The molecule has 9 nitrogen and oxygen atoms in total. The number of aromatic nitrogens is 4. The van der Waals surface area contributed by atoms with Crippen molar-refractivity contribution in [3.8, 4) is 5.75 Å². The van der Waals surface area contributed by atoms with Crippen LogP contribution in [0.25, 0.3) is 10.9 Å². The van der Waals surface area contributed by atoms with Gasteiger partial charge in [0.25, 0.3) is 5.56 Å². The van der Waals surface area contributed by atoms with Gasteiger partial charge in [-0.2, -0.15) is 0 Å². The third kappa shape index (κ3) is 4.46. The number of ether oxygens (including phenoxy) is 1. The summed E-state index contributed by atoms with van der Waals surface area (Å²) in [6.45, 7) is 3.76. The van der Waals surface area contributed by atoms with E-state index in [1.54, 1.807) is 35.9 Å². The molecule has 1 saturated carbocycles. The lowest BCUT2D eigenvalue weighted by molar-refractivity contribution is 0.411. The molecule has 1 aliphatic rings. The van der Waals surface area contributed by atoms with Gasteiger partial charge >= 0.3 is 0 Å². The monoisotopic (exact) mass is 515 g/mol. The van der Waals surface area contributed by atoms with E-state index in [1.165, 1.54) is 12.4 Å². The van der Waals surface area contributed by atoms with Crippen molar-refractivity contribution in [3.05, 3.63) is 81.4 Å². The summed E-state index contributed by atoms with van der Waals surface area (Å²) in [7, 11) is 1.60. The molecular weight excluding hydrogens is 485 g/mol. The Morgan fingerprint density at radius 2 is 2.00 bits per heavy atom. The largest absolute Gasteiger partial charge is 0.496 e. The van der Waals surface area contributed by atoms with Crippen molar-refractivity contribution in [1.82, 2.24) is 19.5 Å². The van der Waals surface area contributed by atoms with E-state index < -0.39 is 11.9 Å². The lowest BCUT2D eigenvalue weighted by atomic mass is 10.0. The van der Waals surface area contributed by atoms with Gasteiger partial charge in [-0.15, -0.1) is 0 Å². The zero-order valence-corrected chi connectivity index (χ0v) is 21.6. The molecular formula is C28H30FN7O2. The zero-order chi connectivity index (χ0) is 27.0. The van der Waals surface area contributed by atoms with Gasteiger partial charge in [0.05, 0.1) is 29.9 Å². The van der Waals surface area contributed by atoms with Crippen LogP contribution in [0, 0.1) is 18.2 Å². The van der Waals surface area contributed by atoms with Gasteiger partial charge in [0, 0.05) is 11.6 Å². The quantitative estimate of drug-likeness (QED) is 0.297. The second-order valence-electron chi connectivity index (χ2n) is 9.63. The molecule has 1 aliphatic carbocycles. The standard InChI is InChI=1S/C28H30FN7O2/c1-15-13-17(11-12-21(15)38-3)24(30)23-25(31)32-14-33-26(23)34-16(2)27-35-20-10-6-9-19(29)22(20)28(37)36(27)18-7-4-5-8-18/h6,9-14,16,18,30H,4-5,7-8H2,1-3H3,(H3,31,32,33,34). The van der Waals surface area contributed by atoms with Crippen LogP contribution in [-0.2, 0) is 0 Å². The van der Waals surface area contributed by atoms with Gasteiger partial charge in [-0.1, -0.05) is 18.9 Å². The number of benzene rings is 2. The molecule has 0 aliphatic heterocycles. The fourth-order valence-electron chi connectivity index (χ4n) is 5.24. The van der Waals surface area contributed by atoms with E-state index in [1.807, 2.05) is 19.9 Å². The first-order valence-electron chi connectivity index (χ1n) is 12.6. The number of nitrogen functional groups attached to an aromatic ring is 1. The first-order valence-corrected chi connectivity index (χ1v) is 12.6. The van der Waals surface area contributed by atoms with E-state index in [2.05, 4.69) is 15.3 Å². The van der Waals surface area contributed by atoms with Crippen LogP contribution < -0.4 is 21.3 Å². The van der Waals surface area contributed by atoms with Gasteiger partial charge in [-0.05, 0) is 62.6 Å². The van der Waals surface area contributed by atoms with Gasteiger partial charge in [0.2, 0.25) is 0 Å². The van der Waals surface area contributed by atoms with Gasteiger partial charge in [0.1, 0.15) is 40.7 Å². The molecule has 2 heterocycles. The van der Waals surface area contributed by atoms with Crippen LogP contribution in [0.15, 0.2) is 47.5 Å². The predicted molar refractivity (Wildman–Crippen MR) is 146 cm³/mol. The first-order chi connectivity index (χ1) is 18.3. The van der Waals surface area contributed by atoms with Crippen molar-refractivity contribution in [3.63, 3.8) is 0 Å². The normalized spacial score (nSPS) is 14.5. The molecule has 4 N–H and O–H groups in total. The SMILES string of the molecule is COc1ccc(C(=N)c2c(N)ncnc2NC(C)c2nc3cccc(F)c3c(=O)n2C2CCCC2)cc1C. The third-order valence-electron chi connectivity index (χ3n) is 7.15. The zero-order valence-electron chi connectivity index (χ0n) is 21.6.